The van der Waals surface area contributed by atoms with Gasteiger partial charge in [0.1, 0.15) is 18.5 Å². The Balaban J connectivity index is 1.29. The smallest absolute Gasteiger partial charge is 0.167 e. The SMILES string of the molecule is CCSC[C@H]1O[C@@H](n2cnc3c(NC(C4CCC4)C4CCC4)ncnc32)[C@@H]2OC(C)(C)O[C@@H]21. The second-order valence-electron chi connectivity index (χ2n) is 10.4. The lowest BCUT2D eigenvalue weighted by Gasteiger charge is -2.43. The highest BCUT2D eigenvalue weighted by Crippen LogP contribution is 2.45. The second-order valence-corrected chi connectivity index (χ2v) is 11.7. The third-order valence-electron chi connectivity index (χ3n) is 7.86. The van der Waals surface area contributed by atoms with Gasteiger partial charge in [-0.2, -0.15) is 11.8 Å². The number of nitrogens with zero attached hydrogens (tertiary/aromatic N) is 4. The molecule has 0 aromatic carbocycles. The van der Waals surface area contributed by atoms with Crippen molar-refractivity contribution in [3.8, 4) is 0 Å². The molecule has 6 rings (SSSR count). The molecule has 0 amide bonds. The Kier molecular flexibility index (Phi) is 5.79. The minimum absolute atomic E-state index is 0.0229. The van der Waals surface area contributed by atoms with E-state index in [9.17, 15) is 0 Å². The molecule has 4 heterocycles. The first-order valence-electron chi connectivity index (χ1n) is 12.6. The van der Waals surface area contributed by atoms with E-state index >= 15 is 0 Å². The molecule has 4 fully saturated rings. The van der Waals surface area contributed by atoms with Crippen LogP contribution in [-0.4, -0.2) is 61.2 Å². The van der Waals surface area contributed by atoms with Crippen molar-refractivity contribution in [1.29, 1.82) is 0 Å². The number of nitrogens with one attached hydrogen (secondary N) is 1. The summed E-state index contributed by atoms with van der Waals surface area (Å²) in [5.41, 5.74) is 1.60. The molecular weight excluding hydrogens is 438 g/mol. The number of imidazole rings is 1. The molecule has 4 aliphatic rings. The zero-order chi connectivity index (χ0) is 22.6. The molecule has 180 valence electrons. The van der Waals surface area contributed by atoms with Gasteiger partial charge >= 0.3 is 0 Å². The van der Waals surface area contributed by atoms with Crippen molar-refractivity contribution >= 4 is 28.7 Å². The van der Waals surface area contributed by atoms with Crippen molar-refractivity contribution < 1.29 is 14.2 Å². The van der Waals surface area contributed by atoms with Crippen LogP contribution < -0.4 is 5.32 Å². The van der Waals surface area contributed by atoms with E-state index in [-0.39, 0.29) is 24.5 Å². The van der Waals surface area contributed by atoms with Crippen molar-refractivity contribution in [2.45, 2.75) is 95.7 Å². The van der Waals surface area contributed by atoms with Crippen LogP contribution in [0.15, 0.2) is 12.7 Å². The summed E-state index contributed by atoms with van der Waals surface area (Å²) in [7, 11) is 0. The quantitative estimate of drug-likeness (QED) is 0.605. The topological polar surface area (TPSA) is 83.3 Å². The first-order chi connectivity index (χ1) is 16.0. The van der Waals surface area contributed by atoms with E-state index in [2.05, 4.69) is 22.2 Å². The molecule has 2 aliphatic heterocycles. The Morgan fingerprint density at radius 3 is 2.48 bits per heavy atom. The Bertz CT molecular complexity index is 978. The van der Waals surface area contributed by atoms with Crippen LogP contribution in [0.4, 0.5) is 5.82 Å². The summed E-state index contributed by atoms with van der Waals surface area (Å²) in [5.74, 6) is 3.66. The van der Waals surface area contributed by atoms with Gasteiger partial charge in [0, 0.05) is 11.8 Å². The summed E-state index contributed by atoms with van der Waals surface area (Å²) in [4.78, 5) is 14.0. The Morgan fingerprint density at radius 1 is 1.09 bits per heavy atom. The maximum absolute atomic E-state index is 6.50. The van der Waals surface area contributed by atoms with Crippen LogP contribution >= 0.6 is 11.8 Å². The first-order valence-corrected chi connectivity index (χ1v) is 13.7. The van der Waals surface area contributed by atoms with Gasteiger partial charge in [0.15, 0.2) is 29.0 Å². The molecule has 2 saturated carbocycles. The van der Waals surface area contributed by atoms with Crippen LogP contribution in [0.2, 0.25) is 0 Å². The third-order valence-corrected chi connectivity index (χ3v) is 8.84. The van der Waals surface area contributed by atoms with Crippen LogP contribution in [0.1, 0.15) is 65.5 Å². The molecule has 9 heteroatoms. The molecule has 4 atom stereocenters. The maximum Gasteiger partial charge on any atom is 0.167 e. The zero-order valence-corrected chi connectivity index (χ0v) is 20.6. The Morgan fingerprint density at radius 2 is 1.82 bits per heavy atom. The highest BCUT2D eigenvalue weighted by molar-refractivity contribution is 7.99. The van der Waals surface area contributed by atoms with Gasteiger partial charge in [-0.3, -0.25) is 4.57 Å². The second kappa shape index (κ2) is 8.66. The van der Waals surface area contributed by atoms with E-state index in [4.69, 9.17) is 19.2 Å². The van der Waals surface area contributed by atoms with Crippen LogP contribution in [0.25, 0.3) is 11.2 Å². The molecule has 2 aromatic rings. The molecule has 8 nitrogen and oxygen atoms in total. The molecule has 2 aromatic heterocycles. The summed E-state index contributed by atoms with van der Waals surface area (Å²) in [6, 6.07) is 0.491. The average molecular weight is 474 g/mol. The van der Waals surface area contributed by atoms with Gasteiger partial charge in [0.25, 0.3) is 0 Å². The van der Waals surface area contributed by atoms with E-state index in [0.717, 1.165) is 40.3 Å². The monoisotopic (exact) mass is 473 g/mol. The van der Waals surface area contributed by atoms with Crippen LogP contribution in [0, 0.1) is 11.8 Å². The maximum atomic E-state index is 6.50. The summed E-state index contributed by atoms with van der Waals surface area (Å²) < 4.78 is 21.1. The molecule has 1 N–H and O–H groups in total. The van der Waals surface area contributed by atoms with Gasteiger partial charge < -0.3 is 19.5 Å². The summed E-state index contributed by atoms with van der Waals surface area (Å²) >= 11 is 1.87. The predicted octanol–water partition coefficient (Wildman–Crippen LogP) is 4.38. The highest BCUT2D eigenvalue weighted by Gasteiger charge is 2.56. The predicted molar refractivity (Wildman–Crippen MR) is 128 cm³/mol. The van der Waals surface area contributed by atoms with Gasteiger partial charge in [-0.25, -0.2) is 15.0 Å². The number of rotatable bonds is 8. The van der Waals surface area contributed by atoms with E-state index in [1.807, 2.05) is 36.5 Å². The normalized spacial score (nSPS) is 31.6. The number of anilines is 1. The number of aromatic nitrogens is 4. The van der Waals surface area contributed by atoms with Crippen LogP contribution in [0.3, 0.4) is 0 Å². The van der Waals surface area contributed by atoms with E-state index in [0.29, 0.717) is 6.04 Å². The van der Waals surface area contributed by atoms with Crippen molar-refractivity contribution in [3.05, 3.63) is 12.7 Å². The summed E-state index contributed by atoms with van der Waals surface area (Å²) in [5, 5.41) is 3.80. The molecular formula is C24H35N5O3S. The lowest BCUT2D eigenvalue weighted by atomic mass is 9.68. The fraction of sp³-hybridized carbons (Fsp3) is 0.792. The van der Waals surface area contributed by atoms with Crippen molar-refractivity contribution in [1.82, 2.24) is 19.5 Å². The van der Waals surface area contributed by atoms with Crippen molar-refractivity contribution in [2.24, 2.45) is 11.8 Å². The molecule has 0 radical (unpaired) electrons. The van der Waals surface area contributed by atoms with Gasteiger partial charge in [-0.05, 0) is 57.1 Å². The molecule has 0 bridgehead atoms. The average Bonchev–Trinajstić information content (AvgIpc) is 3.35. The summed E-state index contributed by atoms with van der Waals surface area (Å²) in [6.45, 7) is 6.12. The van der Waals surface area contributed by atoms with E-state index < -0.39 is 5.79 Å². The lowest BCUT2D eigenvalue weighted by molar-refractivity contribution is -0.193. The number of thioether (sulfide) groups is 1. The van der Waals surface area contributed by atoms with E-state index in [1.165, 1.54) is 38.5 Å². The van der Waals surface area contributed by atoms with Gasteiger partial charge in [0.2, 0.25) is 0 Å². The fourth-order valence-corrected chi connectivity index (χ4v) is 6.51. The minimum atomic E-state index is -0.622. The number of fused-ring (bicyclic) bond motifs is 2. The Hall–Kier alpha value is -1.42. The minimum Gasteiger partial charge on any atom is -0.365 e. The molecule has 2 saturated heterocycles. The van der Waals surface area contributed by atoms with Gasteiger partial charge in [-0.15, -0.1) is 0 Å². The van der Waals surface area contributed by atoms with E-state index in [1.54, 1.807) is 6.33 Å². The third kappa shape index (κ3) is 3.94. The molecule has 0 spiro atoms. The van der Waals surface area contributed by atoms with Crippen LogP contribution in [-0.2, 0) is 14.2 Å². The van der Waals surface area contributed by atoms with Crippen LogP contribution in [0.5, 0.6) is 0 Å². The first kappa shape index (κ1) is 22.1. The molecule has 0 unspecified atom stereocenters. The number of ether oxygens (including phenoxy) is 3. The Labute approximate surface area is 199 Å². The zero-order valence-electron chi connectivity index (χ0n) is 19.8. The van der Waals surface area contributed by atoms with Crippen molar-refractivity contribution in [2.75, 3.05) is 16.8 Å². The lowest BCUT2D eigenvalue weighted by Crippen LogP contribution is -2.42. The summed E-state index contributed by atoms with van der Waals surface area (Å²) in [6.07, 6.45) is 10.8. The van der Waals surface area contributed by atoms with Crippen molar-refractivity contribution in [3.63, 3.8) is 0 Å². The standard InChI is InChI=1S/C24H35N5O3S/c1-4-33-11-16-19-20(32-24(2,3)31-19)23(30-16)29-13-27-18-21(25-12-26-22(18)29)28-17(14-7-5-8-14)15-9-6-10-15/h12-17,19-20,23H,4-11H2,1-3H3,(H,25,26,28)/t16-,19-,20-,23-/m1/s1. The van der Waals surface area contributed by atoms with Gasteiger partial charge in [-0.1, -0.05) is 19.8 Å². The number of hydrogen-bond acceptors (Lipinski definition) is 8. The molecule has 2 aliphatic carbocycles. The highest BCUT2D eigenvalue weighted by atomic mass is 32.2. The fourth-order valence-electron chi connectivity index (χ4n) is 5.77. The number of hydrogen-bond donors (Lipinski definition) is 1. The molecule has 33 heavy (non-hydrogen) atoms. The van der Waals surface area contributed by atoms with Gasteiger partial charge in [0.05, 0.1) is 12.4 Å². The largest absolute Gasteiger partial charge is 0.365 e.